The summed E-state index contributed by atoms with van der Waals surface area (Å²) < 4.78 is 5.91. The third kappa shape index (κ3) is 30.8. The SMILES string of the molecule is CCCCC/C=C\C/C=C\CCCCCCCC(=O)OC(CCCCC)CCCCCCCCCCC(=O)O. The van der Waals surface area contributed by atoms with Gasteiger partial charge in [-0.1, -0.05) is 122 Å². The number of carbonyl (C=O) groups is 2. The monoisotopic (exact) mass is 548 g/mol. The lowest BCUT2D eigenvalue weighted by Crippen LogP contribution is -2.18. The van der Waals surface area contributed by atoms with Gasteiger partial charge >= 0.3 is 11.9 Å². The number of carboxylic acids is 1. The van der Waals surface area contributed by atoms with Gasteiger partial charge in [0.2, 0.25) is 0 Å². The maximum atomic E-state index is 12.4. The molecule has 39 heavy (non-hydrogen) atoms. The Balaban J connectivity index is 3.80. The summed E-state index contributed by atoms with van der Waals surface area (Å²) in [5.74, 6) is -0.682. The van der Waals surface area contributed by atoms with Crippen molar-refractivity contribution in [1.82, 2.24) is 0 Å². The zero-order valence-electron chi connectivity index (χ0n) is 25.9. The molecule has 0 rings (SSSR count). The van der Waals surface area contributed by atoms with Crippen molar-refractivity contribution >= 4 is 11.9 Å². The molecule has 0 aromatic rings. The van der Waals surface area contributed by atoms with Crippen LogP contribution in [0.4, 0.5) is 0 Å². The molecule has 1 unspecified atom stereocenters. The van der Waals surface area contributed by atoms with Crippen molar-refractivity contribution in [3.63, 3.8) is 0 Å². The number of unbranched alkanes of at least 4 members (excludes halogenated alkanes) is 17. The first-order valence-corrected chi connectivity index (χ1v) is 16.8. The third-order valence-corrected chi connectivity index (χ3v) is 7.43. The number of ether oxygens (including phenoxy) is 1. The first-order chi connectivity index (χ1) is 19.1. The number of carboxylic acid groups (broad SMARTS) is 1. The fourth-order valence-corrected chi connectivity index (χ4v) is 4.92. The van der Waals surface area contributed by atoms with E-state index in [0.29, 0.717) is 12.8 Å². The minimum absolute atomic E-state index is 0.00328. The van der Waals surface area contributed by atoms with Crippen molar-refractivity contribution in [2.45, 2.75) is 187 Å². The quantitative estimate of drug-likeness (QED) is 0.0550. The van der Waals surface area contributed by atoms with Gasteiger partial charge < -0.3 is 9.84 Å². The standard InChI is InChI=1S/C35H64O4/c1-3-5-7-8-9-10-11-12-13-14-15-16-21-24-28-32-35(38)39-33(29-25-6-4-2)30-26-22-19-17-18-20-23-27-31-34(36)37/h9-10,12-13,33H,3-8,11,14-32H2,1-2H3,(H,36,37)/b10-9-,13-12-. The van der Waals surface area contributed by atoms with E-state index in [1.807, 2.05) is 0 Å². The van der Waals surface area contributed by atoms with Gasteiger partial charge in [-0.05, 0) is 70.6 Å². The second-order valence-corrected chi connectivity index (χ2v) is 11.3. The van der Waals surface area contributed by atoms with Crippen molar-refractivity contribution < 1.29 is 19.4 Å². The lowest BCUT2D eigenvalue weighted by atomic mass is 10.0. The molecule has 0 saturated heterocycles. The molecule has 0 bridgehead atoms. The Morgan fingerprint density at radius 3 is 1.56 bits per heavy atom. The summed E-state index contributed by atoms with van der Waals surface area (Å²) in [4.78, 5) is 23.0. The summed E-state index contributed by atoms with van der Waals surface area (Å²) in [6.45, 7) is 4.46. The molecular formula is C35H64O4. The minimum Gasteiger partial charge on any atom is -0.481 e. The topological polar surface area (TPSA) is 63.6 Å². The van der Waals surface area contributed by atoms with Gasteiger partial charge in [-0.25, -0.2) is 0 Å². The molecule has 0 saturated carbocycles. The van der Waals surface area contributed by atoms with Gasteiger partial charge in [0.1, 0.15) is 6.10 Å². The number of allylic oxidation sites excluding steroid dienone is 4. The number of hydrogen-bond acceptors (Lipinski definition) is 3. The molecule has 4 nitrogen and oxygen atoms in total. The zero-order chi connectivity index (χ0) is 28.7. The molecule has 0 aromatic heterocycles. The smallest absolute Gasteiger partial charge is 0.306 e. The average molecular weight is 549 g/mol. The number of rotatable bonds is 30. The molecule has 1 atom stereocenters. The fraction of sp³-hybridized carbons (Fsp3) is 0.829. The van der Waals surface area contributed by atoms with Crippen LogP contribution in [0, 0.1) is 0 Å². The van der Waals surface area contributed by atoms with Gasteiger partial charge in [-0.15, -0.1) is 0 Å². The highest BCUT2D eigenvalue weighted by atomic mass is 16.5. The van der Waals surface area contributed by atoms with E-state index in [-0.39, 0.29) is 12.1 Å². The molecular weight excluding hydrogens is 484 g/mol. The lowest BCUT2D eigenvalue weighted by molar-refractivity contribution is -0.150. The Bertz CT molecular complexity index is 595. The van der Waals surface area contributed by atoms with Crippen LogP contribution < -0.4 is 0 Å². The first-order valence-electron chi connectivity index (χ1n) is 16.8. The van der Waals surface area contributed by atoms with Gasteiger partial charge in [0.25, 0.3) is 0 Å². The molecule has 0 heterocycles. The van der Waals surface area contributed by atoms with Crippen LogP contribution in [-0.2, 0) is 14.3 Å². The third-order valence-electron chi connectivity index (χ3n) is 7.43. The highest BCUT2D eigenvalue weighted by Gasteiger charge is 2.14. The molecule has 0 amide bonds. The highest BCUT2D eigenvalue weighted by Crippen LogP contribution is 2.18. The van der Waals surface area contributed by atoms with Crippen molar-refractivity contribution in [3.05, 3.63) is 24.3 Å². The molecule has 0 radical (unpaired) electrons. The Kier molecular flexibility index (Phi) is 29.7. The molecule has 1 N–H and O–H groups in total. The molecule has 0 aliphatic carbocycles. The fourth-order valence-electron chi connectivity index (χ4n) is 4.92. The second kappa shape index (κ2) is 31.0. The summed E-state index contributed by atoms with van der Waals surface area (Å²) in [5, 5.41) is 8.68. The van der Waals surface area contributed by atoms with Crippen LogP contribution in [0.2, 0.25) is 0 Å². The van der Waals surface area contributed by atoms with Gasteiger partial charge in [0, 0.05) is 12.8 Å². The van der Waals surface area contributed by atoms with Gasteiger partial charge in [-0.3, -0.25) is 9.59 Å². The molecule has 0 fully saturated rings. The van der Waals surface area contributed by atoms with Crippen LogP contribution in [0.1, 0.15) is 181 Å². The van der Waals surface area contributed by atoms with Crippen molar-refractivity contribution in [1.29, 1.82) is 0 Å². The van der Waals surface area contributed by atoms with E-state index in [9.17, 15) is 9.59 Å². The summed E-state index contributed by atoms with van der Waals surface area (Å²) in [5.41, 5.74) is 0. The lowest BCUT2D eigenvalue weighted by Gasteiger charge is -2.18. The normalized spacial score (nSPS) is 12.5. The Labute approximate surface area is 242 Å². The molecule has 228 valence electrons. The summed E-state index contributed by atoms with van der Waals surface area (Å²) in [7, 11) is 0. The summed E-state index contributed by atoms with van der Waals surface area (Å²) >= 11 is 0. The van der Waals surface area contributed by atoms with Crippen LogP contribution >= 0.6 is 0 Å². The molecule has 0 aromatic carbocycles. The Morgan fingerprint density at radius 1 is 0.564 bits per heavy atom. The van der Waals surface area contributed by atoms with E-state index in [4.69, 9.17) is 9.84 Å². The molecule has 0 aliphatic heterocycles. The second-order valence-electron chi connectivity index (χ2n) is 11.3. The largest absolute Gasteiger partial charge is 0.481 e. The predicted molar refractivity (Wildman–Crippen MR) is 167 cm³/mol. The van der Waals surface area contributed by atoms with Crippen LogP contribution in [-0.4, -0.2) is 23.1 Å². The number of carbonyl (C=O) groups excluding carboxylic acids is 1. The van der Waals surface area contributed by atoms with E-state index in [2.05, 4.69) is 38.2 Å². The van der Waals surface area contributed by atoms with E-state index >= 15 is 0 Å². The number of aliphatic carboxylic acids is 1. The average Bonchev–Trinajstić information content (AvgIpc) is 2.91. The predicted octanol–water partition coefficient (Wildman–Crippen LogP) is 11.3. The van der Waals surface area contributed by atoms with E-state index in [1.165, 1.54) is 83.5 Å². The van der Waals surface area contributed by atoms with Gasteiger partial charge in [0.15, 0.2) is 0 Å². The maximum absolute atomic E-state index is 12.4. The van der Waals surface area contributed by atoms with Gasteiger partial charge in [0.05, 0.1) is 0 Å². The number of esters is 1. The van der Waals surface area contributed by atoms with Gasteiger partial charge in [-0.2, -0.15) is 0 Å². The first kappa shape index (κ1) is 37.4. The van der Waals surface area contributed by atoms with E-state index in [1.54, 1.807) is 0 Å². The Hall–Kier alpha value is -1.58. The summed E-state index contributed by atoms with van der Waals surface area (Å²) in [6, 6.07) is 0. The van der Waals surface area contributed by atoms with E-state index in [0.717, 1.165) is 70.6 Å². The highest BCUT2D eigenvalue weighted by molar-refractivity contribution is 5.69. The molecule has 4 heteroatoms. The van der Waals surface area contributed by atoms with Crippen molar-refractivity contribution in [3.8, 4) is 0 Å². The summed E-state index contributed by atoms with van der Waals surface area (Å²) in [6.07, 6.45) is 37.8. The van der Waals surface area contributed by atoms with Crippen LogP contribution in [0.3, 0.4) is 0 Å². The van der Waals surface area contributed by atoms with E-state index < -0.39 is 5.97 Å². The van der Waals surface area contributed by atoms with Crippen molar-refractivity contribution in [2.75, 3.05) is 0 Å². The minimum atomic E-state index is -0.685. The van der Waals surface area contributed by atoms with Crippen LogP contribution in [0.5, 0.6) is 0 Å². The Morgan fingerprint density at radius 2 is 1.00 bits per heavy atom. The molecule has 0 spiro atoms. The molecule has 0 aliphatic rings. The zero-order valence-corrected chi connectivity index (χ0v) is 25.9. The maximum Gasteiger partial charge on any atom is 0.306 e. The number of hydrogen-bond donors (Lipinski definition) is 1. The van der Waals surface area contributed by atoms with Crippen LogP contribution in [0.15, 0.2) is 24.3 Å². The van der Waals surface area contributed by atoms with Crippen molar-refractivity contribution in [2.24, 2.45) is 0 Å². The van der Waals surface area contributed by atoms with Crippen LogP contribution in [0.25, 0.3) is 0 Å².